The molecule has 0 fully saturated rings. The molecule has 112 valence electrons. The molecule has 0 saturated carbocycles. The quantitative estimate of drug-likeness (QED) is 0.674. The van der Waals surface area contributed by atoms with E-state index in [9.17, 15) is 26.0 Å². The van der Waals surface area contributed by atoms with Crippen LogP contribution in [0.25, 0.3) is 0 Å². The van der Waals surface area contributed by atoms with Crippen LogP contribution in [0.2, 0.25) is 0 Å². The van der Waals surface area contributed by atoms with Crippen LogP contribution in [0.15, 0.2) is 35.2 Å². The Bertz CT molecular complexity index is 786. The number of nitrogen functional groups attached to an aromatic ring is 1. The summed E-state index contributed by atoms with van der Waals surface area (Å²) in [5.41, 5.74) is 4.14. The van der Waals surface area contributed by atoms with E-state index in [4.69, 9.17) is 5.73 Å². The molecule has 0 aliphatic carbocycles. The smallest absolute Gasteiger partial charge is 0.265 e. The highest BCUT2D eigenvalue weighted by Crippen LogP contribution is 2.25. The van der Waals surface area contributed by atoms with Gasteiger partial charge in [-0.25, -0.2) is 26.0 Å². The maximum atomic E-state index is 13.6. The van der Waals surface area contributed by atoms with Crippen LogP contribution in [0, 0.1) is 23.3 Å². The third kappa shape index (κ3) is 3.07. The largest absolute Gasteiger partial charge is 0.399 e. The number of anilines is 2. The van der Waals surface area contributed by atoms with Crippen LogP contribution in [0.5, 0.6) is 0 Å². The van der Waals surface area contributed by atoms with Gasteiger partial charge in [-0.1, -0.05) is 0 Å². The molecule has 2 aromatic rings. The average molecular weight is 320 g/mol. The summed E-state index contributed by atoms with van der Waals surface area (Å²) in [5, 5.41) is 0. The number of nitrogens with two attached hydrogens (primary N) is 1. The van der Waals surface area contributed by atoms with Crippen molar-refractivity contribution in [2.75, 3.05) is 10.5 Å². The van der Waals surface area contributed by atoms with Crippen molar-refractivity contribution < 1.29 is 26.0 Å². The Morgan fingerprint density at radius 1 is 0.905 bits per heavy atom. The van der Waals surface area contributed by atoms with Gasteiger partial charge in [0.05, 0.1) is 0 Å². The van der Waals surface area contributed by atoms with E-state index < -0.39 is 43.9 Å². The fourth-order valence-electron chi connectivity index (χ4n) is 1.56. The summed E-state index contributed by atoms with van der Waals surface area (Å²) in [5.74, 6) is -5.34. The summed E-state index contributed by atoms with van der Waals surface area (Å²) in [6, 6.07) is 3.27. The second-order valence-electron chi connectivity index (χ2n) is 4.04. The monoisotopic (exact) mass is 320 g/mol. The number of rotatable bonds is 3. The first-order chi connectivity index (χ1) is 9.70. The van der Waals surface area contributed by atoms with Crippen molar-refractivity contribution in [3.05, 3.63) is 53.6 Å². The van der Waals surface area contributed by atoms with Crippen molar-refractivity contribution in [3.63, 3.8) is 0 Å². The standard InChI is InChI=1S/C12H8F4N2O2S/c13-6-3-9(15)12(10(16)4-6)18-21(19,20)11-2-1-7(17)5-8(11)14/h1-5,18H,17H2. The molecule has 0 aliphatic heterocycles. The minimum atomic E-state index is -4.60. The summed E-state index contributed by atoms with van der Waals surface area (Å²) in [4.78, 5) is -0.847. The minimum absolute atomic E-state index is 0.0226. The molecule has 0 aliphatic rings. The van der Waals surface area contributed by atoms with Crippen molar-refractivity contribution in [1.82, 2.24) is 0 Å². The van der Waals surface area contributed by atoms with Crippen LogP contribution in [0.4, 0.5) is 28.9 Å². The fourth-order valence-corrected chi connectivity index (χ4v) is 2.70. The molecule has 0 atom stereocenters. The van der Waals surface area contributed by atoms with E-state index in [-0.39, 0.29) is 5.69 Å². The summed E-state index contributed by atoms with van der Waals surface area (Å²) in [7, 11) is -4.60. The second kappa shape index (κ2) is 5.24. The maximum Gasteiger partial charge on any atom is 0.265 e. The summed E-state index contributed by atoms with van der Waals surface area (Å²) >= 11 is 0. The van der Waals surface area contributed by atoms with Gasteiger partial charge in [0.2, 0.25) is 0 Å². The number of halogens is 4. The van der Waals surface area contributed by atoms with Gasteiger partial charge in [0, 0.05) is 17.8 Å². The normalized spacial score (nSPS) is 11.4. The van der Waals surface area contributed by atoms with Gasteiger partial charge in [0.15, 0.2) is 11.6 Å². The molecule has 2 rings (SSSR count). The van der Waals surface area contributed by atoms with Crippen molar-refractivity contribution >= 4 is 21.4 Å². The Hall–Kier alpha value is -2.29. The lowest BCUT2D eigenvalue weighted by molar-refractivity contribution is 0.545. The van der Waals surface area contributed by atoms with Gasteiger partial charge in [0.1, 0.15) is 22.2 Å². The highest BCUT2D eigenvalue weighted by atomic mass is 32.2. The van der Waals surface area contributed by atoms with Gasteiger partial charge >= 0.3 is 0 Å². The highest BCUT2D eigenvalue weighted by molar-refractivity contribution is 7.92. The van der Waals surface area contributed by atoms with E-state index in [1.165, 1.54) is 4.72 Å². The summed E-state index contributed by atoms with van der Waals surface area (Å²) in [6.07, 6.45) is 0. The van der Waals surface area contributed by atoms with Crippen LogP contribution >= 0.6 is 0 Å². The molecule has 0 radical (unpaired) electrons. The summed E-state index contributed by atoms with van der Waals surface area (Å²) < 4.78 is 78.5. The Labute approximate surface area is 117 Å². The van der Waals surface area contributed by atoms with Crippen LogP contribution in [-0.4, -0.2) is 8.42 Å². The molecule has 2 aromatic carbocycles. The molecule has 3 N–H and O–H groups in total. The predicted molar refractivity (Wildman–Crippen MR) is 67.9 cm³/mol. The minimum Gasteiger partial charge on any atom is -0.399 e. The van der Waals surface area contributed by atoms with E-state index in [0.29, 0.717) is 12.1 Å². The van der Waals surface area contributed by atoms with Gasteiger partial charge in [-0.2, -0.15) is 0 Å². The molecule has 0 aromatic heterocycles. The number of hydrogen-bond acceptors (Lipinski definition) is 3. The molecule has 0 amide bonds. The van der Waals surface area contributed by atoms with E-state index in [1.54, 1.807) is 0 Å². The highest BCUT2D eigenvalue weighted by Gasteiger charge is 2.23. The number of benzene rings is 2. The molecular weight excluding hydrogens is 312 g/mol. The zero-order chi connectivity index (χ0) is 15.8. The van der Waals surface area contributed by atoms with Gasteiger partial charge in [-0.05, 0) is 18.2 Å². The molecule has 0 saturated heterocycles. The molecule has 0 heterocycles. The lowest BCUT2D eigenvalue weighted by atomic mass is 10.3. The van der Waals surface area contributed by atoms with Crippen molar-refractivity contribution in [2.45, 2.75) is 4.90 Å². The lowest BCUT2D eigenvalue weighted by Crippen LogP contribution is -2.17. The van der Waals surface area contributed by atoms with Gasteiger partial charge in [-0.3, -0.25) is 4.72 Å². The average Bonchev–Trinajstić information content (AvgIpc) is 2.33. The maximum absolute atomic E-state index is 13.6. The Kier molecular flexibility index (Phi) is 3.77. The Balaban J connectivity index is 2.47. The van der Waals surface area contributed by atoms with E-state index in [0.717, 1.165) is 18.2 Å². The molecule has 0 bridgehead atoms. The Morgan fingerprint density at radius 3 is 2.00 bits per heavy atom. The lowest BCUT2D eigenvalue weighted by Gasteiger charge is -2.11. The molecule has 0 unspecified atom stereocenters. The Morgan fingerprint density at radius 2 is 1.48 bits per heavy atom. The van der Waals surface area contributed by atoms with Crippen molar-refractivity contribution in [1.29, 1.82) is 0 Å². The third-order valence-corrected chi connectivity index (χ3v) is 3.87. The van der Waals surface area contributed by atoms with E-state index in [1.807, 2.05) is 0 Å². The van der Waals surface area contributed by atoms with E-state index in [2.05, 4.69) is 0 Å². The first-order valence-corrected chi connectivity index (χ1v) is 6.91. The molecule has 0 spiro atoms. The van der Waals surface area contributed by atoms with Crippen LogP contribution < -0.4 is 10.5 Å². The third-order valence-electron chi connectivity index (χ3n) is 2.49. The molecule has 9 heteroatoms. The fraction of sp³-hybridized carbons (Fsp3) is 0. The molecular formula is C12H8F4N2O2S. The zero-order valence-electron chi connectivity index (χ0n) is 10.2. The van der Waals surface area contributed by atoms with Gasteiger partial charge in [0.25, 0.3) is 10.0 Å². The number of nitrogens with one attached hydrogen (secondary N) is 1. The van der Waals surface area contributed by atoms with Crippen LogP contribution in [-0.2, 0) is 10.0 Å². The predicted octanol–water partition coefficient (Wildman–Crippen LogP) is 2.63. The van der Waals surface area contributed by atoms with Crippen LogP contribution in [0.3, 0.4) is 0 Å². The van der Waals surface area contributed by atoms with Gasteiger partial charge < -0.3 is 5.73 Å². The SMILES string of the molecule is Nc1ccc(S(=O)(=O)Nc2c(F)cc(F)cc2F)c(F)c1. The summed E-state index contributed by atoms with van der Waals surface area (Å²) in [6.45, 7) is 0. The van der Waals surface area contributed by atoms with Gasteiger partial charge in [-0.15, -0.1) is 0 Å². The van der Waals surface area contributed by atoms with Crippen molar-refractivity contribution in [3.8, 4) is 0 Å². The molecule has 21 heavy (non-hydrogen) atoms. The molecule has 4 nitrogen and oxygen atoms in total. The topological polar surface area (TPSA) is 72.2 Å². The first-order valence-electron chi connectivity index (χ1n) is 5.43. The van der Waals surface area contributed by atoms with E-state index >= 15 is 0 Å². The number of sulfonamides is 1. The first kappa shape index (κ1) is 15.1. The van der Waals surface area contributed by atoms with Crippen LogP contribution in [0.1, 0.15) is 0 Å². The second-order valence-corrected chi connectivity index (χ2v) is 5.69. The zero-order valence-corrected chi connectivity index (χ0v) is 11.0. The van der Waals surface area contributed by atoms with Crippen molar-refractivity contribution in [2.24, 2.45) is 0 Å². The number of hydrogen-bond donors (Lipinski definition) is 2.